The highest BCUT2D eigenvalue weighted by Gasteiger charge is 2.19. The van der Waals surface area contributed by atoms with Gasteiger partial charge in [0.2, 0.25) is 11.0 Å². The molecule has 5 nitrogen and oxygen atoms in total. The zero-order valence-corrected chi connectivity index (χ0v) is 15.4. The standard InChI is InChI=1S/C15H16N4OS3/c1-8(2)13-18-19-14(23-13)17-12(20)9(3)21-15-16-10-6-4-5-7-11(10)22-15/h4-9H,1-3H3,(H,17,19,20)/t9-/m1/s1. The van der Waals surface area contributed by atoms with Crippen LogP contribution in [-0.4, -0.2) is 26.3 Å². The number of para-hydroxylation sites is 1. The summed E-state index contributed by atoms with van der Waals surface area (Å²) in [5, 5.41) is 12.2. The minimum Gasteiger partial charge on any atom is -0.300 e. The molecule has 1 amide bonds. The average molecular weight is 365 g/mol. The Kier molecular flexibility index (Phi) is 4.93. The highest BCUT2D eigenvalue weighted by atomic mass is 32.2. The second-order valence-electron chi connectivity index (χ2n) is 5.30. The number of hydrogen-bond acceptors (Lipinski definition) is 7. The summed E-state index contributed by atoms with van der Waals surface area (Å²) in [5.41, 5.74) is 0.971. The molecule has 0 fully saturated rings. The van der Waals surface area contributed by atoms with Crippen LogP contribution in [0.2, 0.25) is 0 Å². The monoisotopic (exact) mass is 364 g/mol. The summed E-state index contributed by atoms with van der Waals surface area (Å²) < 4.78 is 2.03. The summed E-state index contributed by atoms with van der Waals surface area (Å²) in [6.45, 7) is 5.98. The van der Waals surface area contributed by atoms with Crippen molar-refractivity contribution in [3.05, 3.63) is 29.3 Å². The van der Waals surface area contributed by atoms with Crippen LogP contribution in [0, 0.1) is 0 Å². The summed E-state index contributed by atoms with van der Waals surface area (Å²) in [6, 6.07) is 7.98. The van der Waals surface area contributed by atoms with Gasteiger partial charge in [0.25, 0.3) is 0 Å². The molecule has 3 rings (SSSR count). The first-order chi connectivity index (χ1) is 11.0. The zero-order valence-electron chi connectivity index (χ0n) is 12.9. The van der Waals surface area contributed by atoms with Gasteiger partial charge in [-0.2, -0.15) is 0 Å². The molecule has 0 saturated heterocycles. The minimum absolute atomic E-state index is 0.0827. The smallest absolute Gasteiger partial charge is 0.239 e. The predicted octanol–water partition coefficient (Wildman–Crippen LogP) is 4.39. The van der Waals surface area contributed by atoms with Crippen LogP contribution in [0.5, 0.6) is 0 Å². The number of nitrogens with zero attached hydrogens (tertiary/aromatic N) is 3. The van der Waals surface area contributed by atoms with Crippen molar-refractivity contribution in [3.63, 3.8) is 0 Å². The Labute approximate surface area is 146 Å². The van der Waals surface area contributed by atoms with Crippen molar-refractivity contribution >= 4 is 55.7 Å². The number of benzene rings is 1. The second-order valence-corrected chi connectivity index (χ2v) is 8.92. The third-order valence-electron chi connectivity index (χ3n) is 3.09. The Morgan fingerprint density at radius 1 is 1.17 bits per heavy atom. The van der Waals surface area contributed by atoms with E-state index in [0.29, 0.717) is 11.0 Å². The van der Waals surface area contributed by atoms with Crippen LogP contribution in [0.15, 0.2) is 28.6 Å². The quantitative estimate of drug-likeness (QED) is 0.680. The zero-order chi connectivity index (χ0) is 16.4. The molecule has 0 radical (unpaired) electrons. The number of rotatable bonds is 5. The van der Waals surface area contributed by atoms with Crippen molar-refractivity contribution in [2.24, 2.45) is 0 Å². The van der Waals surface area contributed by atoms with Crippen LogP contribution >= 0.6 is 34.4 Å². The Morgan fingerprint density at radius 3 is 2.65 bits per heavy atom. The Bertz CT molecular complexity index is 794. The molecule has 0 bridgehead atoms. The van der Waals surface area contributed by atoms with E-state index in [-0.39, 0.29) is 11.2 Å². The number of fused-ring (bicyclic) bond motifs is 1. The van der Waals surface area contributed by atoms with E-state index in [2.05, 4.69) is 34.3 Å². The van der Waals surface area contributed by atoms with E-state index < -0.39 is 0 Å². The molecular weight excluding hydrogens is 348 g/mol. The highest BCUT2D eigenvalue weighted by Crippen LogP contribution is 2.32. The molecule has 0 unspecified atom stereocenters. The second kappa shape index (κ2) is 6.94. The van der Waals surface area contributed by atoms with Gasteiger partial charge < -0.3 is 0 Å². The Balaban J connectivity index is 1.64. The predicted molar refractivity (Wildman–Crippen MR) is 97.6 cm³/mol. The molecule has 1 aromatic carbocycles. The summed E-state index contributed by atoms with van der Waals surface area (Å²) in [4.78, 5) is 16.8. The SMILES string of the molecule is CC(C)c1nnc(NC(=O)[C@@H](C)Sc2nc3ccccc3s2)s1. The van der Waals surface area contributed by atoms with Crippen LogP contribution in [0.3, 0.4) is 0 Å². The van der Waals surface area contributed by atoms with Crippen molar-refractivity contribution in [1.29, 1.82) is 0 Å². The summed E-state index contributed by atoms with van der Waals surface area (Å²) >= 11 is 4.49. The molecule has 120 valence electrons. The van der Waals surface area contributed by atoms with Crippen molar-refractivity contribution in [2.45, 2.75) is 36.3 Å². The fraction of sp³-hybridized carbons (Fsp3) is 0.333. The molecule has 0 saturated carbocycles. The lowest BCUT2D eigenvalue weighted by Crippen LogP contribution is -2.22. The Morgan fingerprint density at radius 2 is 1.96 bits per heavy atom. The average Bonchev–Trinajstić information content (AvgIpc) is 3.13. The molecule has 1 atom stereocenters. The number of hydrogen-bond donors (Lipinski definition) is 1. The van der Waals surface area contributed by atoms with Crippen molar-refractivity contribution in [2.75, 3.05) is 5.32 Å². The molecule has 23 heavy (non-hydrogen) atoms. The van der Waals surface area contributed by atoms with Crippen molar-refractivity contribution < 1.29 is 4.79 Å². The van der Waals surface area contributed by atoms with E-state index in [4.69, 9.17) is 0 Å². The van der Waals surface area contributed by atoms with Gasteiger partial charge in [-0.15, -0.1) is 21.5 Å². The lowest BCUT2D eigenvalue weighted by molar-refractivity contribution is -0.115. The first-order valence-electron chi connectivity index (χ1n) is 7.19. The number of nitrogens with one attached hydrogen (secondary N) is 1. The fourth-order valence-electron chi connectivity index (χ4n) is 1.83. The number of aromatic nitrogens is 3. The maximum absolute atomic E-state index is 12.3. The number of anilines is 1. The number of amides is 1. The van der Waals surface area contributed by atoms with Gasteiger partial charge in [-0.05, 0) is 19.1 Å². The van der Waals surface area contributed by atoms with Gasteiger partial charge in [-0.25, -0.2) is 4.98 Å². The van der Waals surface area contributed by atoms with Gasteiger partial charge in [0.05, 0.1) is 15.5 Å². The number of thioether (sulfide) groups is 1. The van der Waals surface area contributed by atoms with Gasteiger partial charge in [-0.1, -0.05) is 49.1 Å². The van der Waals surface area contributed by atoms with Gasteiger partial charge >= 0.3 is 0 Å². The lowest BCUT2D eigenvalue weighted by atomic mass is 10.2. The summed E-state index contributed by atoms with van der Waals surface area (Å²) in [7, 11) is 0. The molecule has 0 spiro atoms. The number of carbonyl (C=O) groups excluding carboxylic acids is 1. The summed E-state index contributed by atoms with van der Waals surface area (Å²) in [5.74, 6) is 0.230. The van der Waals surface area contributed by atoms with Gasteiger partial charge in [0, 0.05) is 5.92 Å². The number of thiazole rings is 1. The van der Waals surface area contributed by atoms with Crippen molar-refractivity contribution in [3.8, 4) is 0 Å². The van der Waals surface area contributed by atoms with E-state index in [1.807, 2.05) is 31.2 Å². The van der Waals surface area contributed by atoms with Gasteiger partial charge in [-0.3, -0.25) is 10.1 Å². The maximum atomic E-state index is 12.3. The normalized spacial score (nSPS) is 12.7. The van der Waals surface area contributed by atoms with Crippen LogP contribution < -0.4 is 5.32 Å². The molecular formula is C15H16N4OS3. The maximum Gasteiger partial charge on any atom is 0.239 e. The largest absolute Gasteiger partial charge is 0.300 e. The third-order valence-corrected chi connectivity index (χ3v) is 6.46. The molecule has 2 heterocycles. The molecule has 3 aromatic rings. The highest BCUT2D eigenvalue weighted by molar-refractivity contribution is 8.02. The molecule has 0 aliphatic carbocycles. The first-order valence-corrected chi connectivity index (χ1v) is 9.70. The van der Waals surface area contributed by atoms with Crippen molar-refractivity contribution in [1.82, 2.24) is 15.2 Å². The van der Waals surface area contributed by atoms with E-state index in [9.17, 15) is 4.79 Å². The molecule has 0 aliphatic rings. The molecule has 2 aromatic heterocycles. The lowest BCUT2D eigenvalue weighted by Gasteiger charge is -2.07. The number of carbonyl (C=O) groups is 1. The van der Waals surface area contributed by atoms with E-state index in [1.165, 1.54) is 23.1 Å². The van der Waals surface area contributed by atoms with Gasteiger partial charge in [0.1, 0.15) is 5.01 Å². The fourth-order valence-corrected chi connectivity index (χ4v) is 4.79. The molecule has 1 N–H and O–H groups in total. The van der Waals surface area contributed by atoms with E-state index in [1.54, 1.807) is 11.3 Å². The molecule has 8 heteroatoms. The first kappa shape index (κ1) is 16.4. The Hall–Kier alpha value is -1.51. The topological polar surface area (TPSA) is 67.8 Å². The minimum atomic E-state index is -0.248. The third kappa shape index (κ3) is 3.88. The van der Waals surface area contributed by atoms with Crippen LogP contribution in [0.4, 0.5) is 5.13 Å². The summed E-state index contributed by atoms with van der Waals surface area (Å²) in [6.07, 6.45) is 0. The van der Waals surface area contributed by atoms with Crippen LogP contribution in [0.25, 0.3) is 10.2 Å². The molecule has 0 aliphatic heterocycles. The van der Waals surface area contributed by atoms with Crippen LogP contribution in [-0.2, 0) is 4.79 Å². The van der Waals surface area contributed by atoms with E-state index >= 15 is 0 Å². The van der Waals surface area contributed by atoms with E-state index in [0.717, 1.165) is 19.6 Å². The van der Waals surface area contributed by atoms with Crippen LogP contribution in [0.1, 0.15) is 31.7 Å². The van der Waals surface area contributed by atoms with Gasteiger partial charge in [0.15, 0.2) is 4.34 Å².